The standard InChI is InChI=1S/C17H15F3N4O3S2/c18-17(19,20)27-13-6-2-1-4-11(13)8-21-14(25)10-28-16-24-23-15(29-16)22-9-12-5-3-7-26-12/h1-7H,8-10H2,(H,21,25)(H,22,23). The van der Waals surface area contributed by atoms with Crippen molar-refractivity contribution < 1.29 is 27.1 Å². The van der Waals surface area contributed by atoms with Crippen LogP contribution in [0.3, 0.4) is 0 Å². The fourth-order valence-corrected chi connectivity index (χ4v) is 3.74. The molecule has 3 aromatic rings. The van der Waals surface area contributed by atoms with Gasteiger partial charge in [0.25, 0.3) is 0 Å². The first-order valence-corrected chi connectivity index (χ1v) is 10.0. The number of alkyl halides is 3. The maximum atomic E-state index is 12.4. The fraction of sp³-hybridized carbons (Fsp3) is 0.235. The summed E-state index contributed by atoms with van der Waals surface area (Å²) in [4.78, 5) is 12.0. The van der Waals surface area contributed by atoms with Gasteiger partial charge in [-0.1, -0.05) is 41.3 Å². The number of hydrogen-bond donors (Lipinski definition) is 2. The van der Waals surface area contributed by atoms with Crippen LogP contribution in [0.4, 0.5) is 18.3 Å². The molecule has 0 saturated heterocycles. The molecule has 2 heterocycles. The highest BCUT2D eigenvalue weighted by atomic mass is 32.2. The zero-order valence-corrected chi connectivity index (χ0v) is 16.4. The van der Waals surface area contributed by atoms with Crippen LogP contribution in [0.2, 0.25) is 0 Å². The molecule has 29 heavy (non-hydrogen) atoms. The van der Waals surface area contributed by atoms with Crippen LogP contribution in [0.1, 0.15) is 11.3 Å². The highest BCUT2D eigenvalue weighted by molar-refractivity contribution is 8.01. The number of anilines is 1. The van der Waals surface area contributed by atoms with Gasteiger partial charge in [-0.05, 0) is 18.2 Å². The number of nitrogens with one attached hydrogen (secondary N) is 2. The van der Waals surface area contributed by atoms with E-state index < -0.39 is 6.36 Å². The number of rotatable bonds is 9. The van der Waals surface area contributed by atoms with E-state index in [1.807, 2.05) is 6.07 Å². The van der Waals surface area contributed by atoms with Crippen LogP contribution >= 0.6 is 23.1 Å². The van der Waals surface area contributed by atoms with Crippen LogP contribution in [0, 0.1) is 0 Å². The molecule has 0 atom stereocenters. The second-order valence-corrected chi connectivity index (χ2v) is 7.73. The SMILES string of the molecule is O=C(CSc1nnc(NCc2ccco2)s1)NCc1ccccc1OC(F)(F)F. The van der Waals surface area contributed by atoms with Gasteiger partial charge in [0.15, 0.2) is 4.34 Å². The largest absolute Gasteiger partial charge is 0.573 e. The summed E-state index contributed by atoms with van der Waals surface area (Å²) in [6.07, 6.45) is -3.22. The molecule has 0 spiro atoms. The van der Waals surface area contributed by atoms with Crippen LogP contribution in [-0.4, -0.2) is 28.2 Å². The molecule has 0 radical (unpaired) electrons. The summed E-state index contributed by atoms with van der Waals surface area (Å²) in [5.41, 5.74) is 0.225. The van der Waals surface area contributed by atoms with E-state index in [0.29, 0.717) is 16.0 Å². The van der Waals surface area contributed by atoms with Gasteiger partial charge in [-0.15, -0.1) is 23.4 Å². The summed E-state index contributed by atoms with van der Waals surface area (Å²) in [6.45, 7) is 0.379. The van der Waals surface area contributed by atoms with Gasteiger partial charge in [-0.3, -0.25) is 4.79 Å². The summed E-state index contributed by atoms with van der Waals surface area (Å²) in [5.74, 6) is 0.111. The molecule has 2 aromatic heterocycles. The van der Waals surface area contributed by atoms with Crippen molar-refractivity contribution in [1.82, 2.24) is 15.5 Å². The van der Waals surface area contributed by atoms with Crippen LogP contribution in [0.25, 0.3) is 0 Å². The zero-order valence-electron chi connectivity index (χ0n) is 14.7. The molecule has 7 nitrogen and oxygen atoms in total. The van der Waals surface area contributed by atoms with Crippen molar-refractivity contribution in [3.63, 3.8) is 0 Å². The van der Waals surface area contributed by atoms with E-state index in [1.54, 1.807) is 18.4 Å². The van der Waals surface area contributed by atoms with Gasteiger partial charge < -0.3 is 19.8 Å². The third-order valence-corrected chi connectivity index (χ3v) is 5.42. The van der Waals surface area contributed by atoms with Gasteiger partial charge in [-0.2, -0.15) is 0 Å². The molecule has 2 N–H and O–H groups in total. The van der Waals surface area contributed by atoms with Crippen LogP contribution in [0.5, 0.6) is 5.75 Å². The molecular formula is C17H15F3N4O3S2. The van der Waals surface area contributed by atoms with Gasteiger partial charge in [-0.25, -0.2) is 0 Å². The summed E-state index contributed by atoms with van der Waals surface area (Å²) < 4.78 is 47.0. The molecule has 0 bridgehead atoms. The Labute approximate surface area is 171 Å². The molecule has 1 aromatic carbocycles. The third kappa shape index (κ3) is 6.98. The van der Waals surface area contributed by atoms with E-state index in [0.717, 1.165) is 5.76 Å². The predicted octanol–water partition coefficient (Wildman–Crippen LogP) is 4.05. The normalized spacial score (nSPS) is 11.3. The average Bonchev–Trinajstić information content (AvgIpc) is 3.34. The first-order chi connectivity index (χ1) is 13.9. The van der Waals surface area contributed by atoms with Gasteiger partial charge in [0.1, 0.15) is 11.5 Å². The quantitative estimate of drug-likeness (QED) is 0.481. The minimum absolute atomic E-state index is 0.0507. The topological polar surface area (TPSA) is 89.3 Å². The Morgan fingerprint density at radius 3 is 2.76 bits per heavy atom. The Kier molecular flexibility index (Phi) is 6.99. The Balaban J connectivity index is 1.44. The number of nitrogens with zero attached hydrogens (tertiary/aromatic N) is 2. The van der Waals surface area contributed by atoms with Crippen LogP contribution in [0.15, 0.2) is 51.4 Å². The van der Waals surface area contributed by atoms with Crippen molar-refractivity contribution >= 4 is 34.1 Å². The predicted molar refractivity (Wildman–Crippen MR) is 102 cm³/mol. The highest BCUT2D eigenvalue weighted by Gasteiger charge is 2.31. The molecule has 154 valence electrons. The molecule has 3 rings (SSSR count). The molecule has 0 fully saturated rings. The van der Waals surface area contributed by atoms with E-state index in [2.05, 4.69) is 25.6 Å². The highest BCUT2D eigenvalue weighted by Crippen LogP contribution is 2.27. The van der Waals surface area contributed by atoms with Gasteiger partial charge in [0.05, 0.1) is 18.6 Å². The molecule has 0 saturated carbocycles. The zero-order chi connectivity index (χ0) is 20.7. The third-order valence-electron chi connectivity index (χ3n) is 3.40. The Bertz CT molecular complexity index is 932. The van der Waals surface area contributed by atoms with Crippen molar-refractivity contribution in [2.24, 2.45) is 0 Å². The van der Waals surface area contributed by atoms with Crippen LogP contribution in [-0.2, 0) is 17.9 Å². The second kappa shape index (κ2) is 9.65. The number of aromatic nitrogens is 2. The first kappa shape index (κ1) is 21.0. The van der Waals surface area contributed by atoms with Crippen molar-refractivity contribution in [1.29, 1.82) is 0 Å². The van der Waals surface area contributed by atoms with Crippen molar-refractivity contribution in [2.75, 3.05) is 11.1 Å². The van der Waals surface area contributed by atoms with Crippen molar-refractivity contribution in [3.8, 4) is 5.75 Å². The Morgan fingerprint density at radius 1 is 1.17 bits per heavy atom. The number of amides is 1. The lowest BCUT2D eigenvalue weighted by molar-refractivity contribution is -0.274. The Morgan fingerprint density at radius 2 is 2.00 bits per heavy atom. The molecule has 0 aliphatic carbocycles. The van der Waals surface area contributed by atoms with E-state index in [1.165, 1.54) is 41.3 Å². The fourth-order valence-electron chi connectivity index (χ4n) is 2.16. The summed E-state index contributed by atoms with van der Waals surface area (Å²) in [7, 11) is 0. The molecular weight excluding hydrogens is 429 g/mol. The van der Waals surface area contributed by atoms with E-state index in [4.69, 9.17) is 4.42 Å². The number of furan rings is 1. The lowest BCUT2D eigenvalue weighted by atomic mass is 10.2. The Hall–Kier alpha value is -2.73. The summed E-state index contributed by atoms with van der Waals surface area (Å²) >= 11 is 2.46. The smallest absolute Gasteiger partial charge is 0.467 e. The van der Waals surface area contributed by atoms with Crippen LogP contribution < -0.4 is 15.4 Å². The van der Waals surface area contributed by atoms with Gasteiger partial charge in [0, 0.05) is 12.1 Å². The minimum atomic E-state index is -4.80. The van der Waals surface area contributed by atoms with E-state index in [9.17, 15) is 18.0 Å². The lowest BCUT2D eigenvalue weighted by Gasteiger charge is -2.13. The second-order valence-electron chi connectivity index (χ2n) is 5.53. The van der Waals surface area contributed by atoms with Crippen molar-refractivity contribution in [3.05, 3.63) is 54.0 Å². The number of thioether (sulfide) groups is 1. The lowest BCUT2D eigenvalue weighted by Crippen LogP contribution is -2.25. The van der Waals surface area contributed by atoms with E-state index in [-0.39, 0.29) is 29.5 Å². The average molecular weight is 444 g/mol. The number of carbonyl (C=O) groups is 1. The molecule has 0 aliphatic heterocycles. The number of hydrogen-bond acceptors (Lipinski definition) is 8. The number of benzene rings is 1. The van der Waals surface area contributed by atoms with Gasteiger partial charge in [0.2, 0.25) is 11.0 Å². The first-order valence-electron chi connectivity index (χ1n) is 8.22. The number of halogens is 3. The number of para-hydroxylation sites is 1. The van der Waals surface area contributed by atoms with Crippen molar-refractivity contribution in [2.45, 2.75) is 23.8 Å². The monoisotopic (exact) mass is 444 g/mol. The molecule has 12 heteroatoms. The van der Waals surface area contributed by atoms with Gasteiger partial charge >= 0.3 is 6.36 Å². The summed E-state index contributed by atoms with van der Waals surface area (Å²) in [6, 6.07) is 9.25. The summed E-state index contributed by atoms with van der Waals surface area (Å²) in [5, 5.41) is 14.2. The van der Waals surface area contributed by atoms with E-state index >= 15 is 0 Å². The molecule has 0 unspecified atom stereocenters. The molecule has 1 amide bonds. The number of carbonyl (C=O) groups excluding carboxylic acids is 1. The maximum absolute atomic E-state index is 12.4. The minimum Gasteiger partial charge on any atom is -0.467 e. The maximum Gasteiger partial charge on any atom is 0.573 e. The number of ether oxygens (including phenoxy) is 1. The molecule has 0 aliphatic rings.